The Bertz CT molecular complexity index is 981. The molecular weight excluding hydrogens is 767 g/mol. The molecule has 0 aliphatic rings. The van der Waals surface area contributed by atoms with Gasteiger partial charge in [-0.15, -0.1) is 0 Å². The smallest absolute Gasteiger partial charge is 0.306 e. The van der Waals surface area contributed by atoms with Crippen molar-refractivity contribution in [1.82, 2.24) is 5.32 Å². The fraction of sp³-hybridized carbons (Fsp3) is 0.893. The lowest BCUT2D eigenvalue weighted by atomic mass is 10.0. The summed E-state index contributed by atoms with van der Waals surface area (Å²) < 4.78 is 5.94. The van der Waals surface area contributed by atoms with Crippen LogP contribution in [-0.4, -0.2) is 46.9 Å². The molecule has 62 heavy (non-hydrogen) atoms. The van der Waals surface area contributed by atoms with Crippen molar-refractivity contribution in [2.45, 2.75) is 315 Å². The molecule has 6 nitrogen and oxygen atoms in total. The summed E-state index contributed by atoms with van der Waals surface area (Å²) in [4.78, 5) is 26.2. The summed E-state index contributed by atoms with van der Waals surface area (Å²) in [5.74, 6) is -0.488. The highest BCUT2D eigenvalue weighted by atomic mass is 16.5. The van der Waals surface area contributed by atoms with Gasteiger partial charge in [0.05, 0.1) is 25.2 Å². The SMILES string of the molecule is CCCCCCCCC/C=C/C=C/CCCCCC(=O)OC(CCCCCCCCCCCCCCCC)CC(=O)NC(CO)C(O)CCCCCCCCCCCCCCC. The molecule has 0 spiro atoms. The van der Waals surface area contributed by atoms with E-state index in [-0.39, 0.29) is 24.9 Å². The molecule has 0 heterocycles. The molecule has 0 bridgehead atoms. The Kier molecular flexibility index (Phi) is 49.0. The number of carbonyl (C=O) groups is 2. The van der Waals surface area contributed by atoms with Crippen LogP contribution in [0.3, 0.4) is 0 Å². The number of allylic oxidation sites excluding steroid dienone is 4. The van der Waals surface area contributed by atoms with Crippen LogP contribution in [0, 0.1) is 0 Å². The molecule has 0 fully saturated rings. The maximum absolute atomic E-state index is 13.2. The van der Waals surface area contributed by atoms with Gasteiger partial charge in [-0.2, -0.15) is 0 Å². The fourth-order valence-electron chi connectivity index (χ4n) is 8.60. The van der Waals surface area contributed by atoms with E-state index in [0.29, 0.717) is 19.3 Å². The Morgan fingerprint density at radius 2 is 0.806 bits per heavy atom. The Hall–Kier alpha value is -1.66. The number of carbonyl (C=O) groups excluding carboxylic acids is 2. The van der Waals surface area contributed by atoms with Gasteiger partial charge < -0.3 is 20.3 Å². The van der Waals surface area contributed by atoms with Crippen molar-refractivity contribution in [3.63, 3.8) is 0 Å². The molecule has 0 saturated heterocycles. The molecule has 6 heteroatoms. The summed E-state index contributed by atoms with van der Waals surface area (Å²) in [6.07, 6.45) is 58.1. The van der Waals surface area contributed by atoms with Crippen LogP contribution in [0.4, 0.5) is 0 Å². The van der Waals surface area contributed by atoms with Crippen molar-refractivity contribution >= 4 is 11.9 Å². The highest BCUT2D eigenvalue weighted by Gasteiger charge is 2.24. The van der Waals surface area contributed by atoms with Crippen molar-refractivity contribution in [2.75, 3.05) is 6.61 Å². The second kappa shape index (κ2) is 50.3. The Balaban J connectivity index is 4.57. The molecule has 1 amide bonds. The lowest BCUT2D eigenvalue weighted by molar-refractivity contribution is -0.151. The first-order chi connectivity index (χ1) is 30.5. The largest absolute Gasteiger partial charge is 0.462 e. The summed E-state index contributed by atoms with van der Waals surface area (Å²) in [6.45, 7) is 6.50. The number of nitrogens with one attached hydrogen (secondary N) is 1. The number of hydrogen-bond donors (Lipinski definition) is 3. The van der Waals surface area contributed by atoms with Gasteiger partial charge in [0.1, 0.15) is 6.10 Å². The number of unbranched alkanes of at least 4 members (excludes halogenated alkanes) is 35. The van der Waals surface area contributed by atoms with Gasteiger partial charge >= 0.3 is 5.97 Å². The summed E-state index contributed by atoms with van der Waals surface area (Å²) in [5.41, 5.74) is 0. The summed E-state index contributed by atoms with van der Waals surface area (Å²) in [5, 5.41) is 23.8. The van der Waals surface area contributed by atoms with Gasteiger partial charge in [-0.3, -0.25) is 9.59 Å². The first-order valence-corrected chi connectivity index (χ1v) is 27.6. The van der Waals surface area contributed by atoms with E-state index in [1.165, 1.54) is 193 Å². The Labute approximate surface area is 386 Å². The highest BCUT2D eigenvalue weighted by Crippen LogP contribution is 2.18. The molecular formula is C56H107NO5. The quantitative estimate of drug-likeness (QED) is 0.0321. The predicted octanol–water partition coefficient (Wildman–Crippen LogP) is 16.7. The van der Waals surface area contributed by atoms with Crippen LogP contribution in [0.1, 0.15) is 297 Å². The molecule has 366 valence electrons. The van der Waals surface area contributed by atoms with E-state index in [1.807, 2.05) is 0 Å². The molecule has 0 rings (SSSR count). The number of hydrogen-bond acceptors (Lipinski definition) is 5. The van der Waals surface area contributed by atoms with Crippen LogP contribution in [-0.2, 0) is 14.3 Å². The lowest BCUT2D eigenvalue weighted by Gasteiger charge is -2.24. The van der Waals surface area contributed by atoms with Gasteiger partial charge in [-0.1, -0.05) is 257 Å². The summed E-state index contributed by atoms with van der Waals surface area (Å²) in [7, 11) is 0. The first kappa shape index (κ1) is 60.3. The average Bonchev–Trinajstić information content (AvgIpc) is 3.26. The number of aliphatic hydroxyl groups is 2. The Morgan fingerprint density at radius 1 is 0.468 bits per heavy atom. The molecule has 0 aromatic heterocycles. The minimum atomic E-state index is -0.788. The summed E-state index contributed by atoms with van der Waals surface area (Å²) >= 11 is 0. The number of aliphatic hydroxyl groups excluding tert-OH is 2. The third-order valence-electron chi connectivity index (χ3n) is 12.8. The van der Waals surface area contributed by atoms with Crippen LogP contribution < -0.4 is 5.32 Å². The topological polar surface area (TPSA) is 95.9 Å². The minimum Gasteiger partial charge on any atom is -0.462 e. The van der Waals surface area contributed by atoms with Crippen molar-refractivity contribution in [3.8, 4) is 0 Å². The van der Waals surface area contributed by atoms with Crippen molar-refractivity contribution in [1.29, 1.82) is 0 Å². The molecule has 0 saturated carbocycles. The average molecular weight is 874 g/mol. The second-order valence-electron chi connectivity index (χ2n) is 19.0. The van der Waals surface area contributed by atoms with Gasteiger partial charge in [0, 0.05) is 6.42 Å². The highest BCUT2D eigenvalue weighted by molar-refractivity contribution is 5.77. The van der Waals surface area contributed by atoms with E-state index < -0.39 is 18.2 Å². The van der Waals surface area contributed by atoms with Crippen LogP contribution in [0.5, 0.6) is 0 Å². The van der Waals surface area contributed by atoms with Gasteiger partial charge in [0.15, 0.2) is 0 Å². The molecule has 0 aliphatic carbocycles. The zero-order valence-corrected chi connectivity index (χ0v) is 41.8. The van der Waals surface area contributed by atoms with Crippen LogP contribution >= 0.6 is 0 Å². The number of amides is 1. The summed E-state index contributed by atoms with van der Waals surface area (Å²) in [6, 6.07) is -0.702. The van der Waals surface area contributed by atoms with E-state index in [4.69, 9.17) is 4.74 Å². The number of esters is 1. The standard InChI is InChI=1S/C56H107NO5/c1-4-7-10-13-16-19-22-25-27-28-31-34-37-40-43-46-49-56(61)62-52(47-44-41-38-35-32-30-26-23-20-17-14-11-8-5-2)50-55(60)57-53(51-58)54(59)48-45-42-39-36-33-29-24-21-18-15-12-9-6-3/h27-28,31,34,52-54,58-59H,4-26,29-30,32-33,35-51H2,1-3H3,(H,57,60)/b28-27+,34-31+. The molecule has 3 unspecified atom stereocenters. The third kappa shape index (κ3) is 44.9. The maximum atomic E-state index is 13.2. The van der Waals surface area contributed by atoms with Crippen molar-refractivity contribution < 1.29 is 24.5 Å². The zero-order chi connectivity index (χ0) is 45.2. The molecule has 3 atom stereocenters. The van der Waals surface area contributed by atoms with Gasteiger partial charge in [-0.25, -0.2) is 0 Å². The lowest BCUT2D eigenvalue weighted by Crippen LogP contribution is -2.46. The van der Waals surface area contributed by atoms with Gasteiger partial charge in [-0.05, 0) is 51.4 Å². The van der Waals surface area contributed by atoms with E-state index in [1.54, 1.807) is 0 Å². The first-order valence-electron chi connectivity index (χ1n) is 27.6. The molecule has 0 radical (unpaired) electrons. The number of ether oxygens (including phenoxy) is 1. The molecule has 3 N–H and O–H groups in total. The van der Waals surface area contributed by atoms with Crippen LogP contribution in [0.2, 0.25) is 0 Å². The Morgan fingerprint density at radius 3 is 1.19 bits per heavy atom. The monoisotopic (exact) mass is 874 g/mol. The predicted molar refractivity (Wildman–Crippen MR) is 269 cm³/mol. The van der Waals surface area contributed by atoms with E-state index in [9.17, 15) is 19.8 Å². The second-order valence-corrected chi connectivity index (χ2v) is 19.0. The van der Waals surface area contributed by atoms with Gasteiger partial charge in [0.2, 0.25) is 5.91 Å². The maximum Gasteiger partial charge on any atom is 0.306 e. The number of rotatable bonds is 50. The van der Waals surface area contributed by atoms with E-state index in [0.717, 1.165) is 57.8 Å². The van der Waals surface area contributed by atoms with Crippen molar-refractivity contribution in [2.24, 2.45) is 0 Å². The van der Waals surface area contributed by atoms with E-state index >= 15 is 0 Å². The zero-order valence-electron chi connectivity index (χ0n) is 41.8. The molecule has 0 aliphatic heterocycles. The van der Waals surface area contributed by atoms with Crippen LogP contribution in [0.15, 0.2) is 24.3 Å². The third-order valence-corrected chi connectivity index (χ3v) is 12.8. The minimum absolute atomic E-state index is 0.0728. The normalized spacial score (nSPS) is 13.3. The molecule has 0 aromatic carbocycles. The van der Waals surface area contributed by atoms with Crippen molar-refractivity contribution in [3.05, 3.63) is 24.3 Å². The van der Waals surface area contributed by atoms with E-state index in [2.05, 4.69) is 50.4 Å². The van der Waals surface area contributed by atoms with Crippen LogP contribution in [0.25, 0.3) is 0 Å². The fourth-order valence-corrected chi connectivity index (χ4v) is 8.60. The van der Waals surface area contributed by atoms with Gasteiger partial charge in [0.25, 0.3) is 0 Å². The molecule has 0 aromatic rings.